The second-order valence-electron chi connectivity index (χ2n) is 9.03. The molecule has 2 aliphatic rings. The molecule has 0 aromatic heterocycles. The largest absolute Gasteiger partial charge is 0.495 e. The fraction of sp³-hybridized carbons (Fsp3) is 0.400. The van der Waals surface area contributed by atoms with Gasteiger partial charge in [-0.2, -0.15) is 4.31 Å². The molecular weight excluding hydrogens is 470 g/mol. The van der Waals surface area contributed by atoms with E-state index in [1.54, 1.807) is 38.1 Å². The number of amides is 3. The van der Waals surface area contributed by atoms with Crippen molar-refractivity contribution in [3.05, 3.63) is 53.6 Å². The molecular formula is C25H29N3O6S. The molecule has 2 heterocycles. The van der Waals surface area contributed by atoms with Crippen LogP contribution in [0.2, 0.25) is 0 Å². The Bertz CT molecular complexity index is 1230. The number of hydrogen-bond acceptors (Lipinski definition) is 6. The highest BCUT2D eigenvalue weighted by molar-refractivity contribution is 7.89. The normalized spacial score (nSPS) is 17.4. The number of hydrogen-bond donors (Lipinski definition) is 1. The van der Waals surface area contributed by atoms with Gasteiger partial charge in [0, 0.05) is 18.8 Å². The highest BCUT2D eigenvalue weighted by Crippen LogP contribution is 2.32. The summed E-state index contributed by atoms with van der Waals surface area (Å²) in [5, 5.41) is 2.71. The quantitative estimate of drug-likeness (QED) is 0.586. The number of fused-ring (bicyclic) bond motifs is 1. The van der Waals surface area contributed by atoms with Gasteiger partial charge in [0.2, 0.25) is 15.9 Å². The summed E-state index contributed by atoms with van der Waals surface area (Å²) < 4.78 is 33.3. The molecule has 1 saturated heterocycles. The highest BCUT2D eigenvalue weighted by atomic mass is 32.2. The Morgan fingerprint density at radius 3 is 2.11 bits per heavy atom. The first-order chi connectivity index (χ1) is 16.7. The summed E-state index contributed by atoms with van der Waals surface area (Å²) >= 11 is 0. The van der Waals surface area contributed by atoms with Crippen LogP contribution in [0, 0.1) is 5.92 Å². The minimum Gasteiger partial charge on any atom is -0.495 e. The molecule has 10 heteroatoms. The van der Waals surface area contributed by atoms with E-state index in [4.69, 9.17) is 4.74 Å². The molecule has 35 heavy (non-hydrogen) atoms. The van der Waals surface area contributed by atoms with Gasteiger partial charge in [0.1, 0.15) is 16.7 Å². The summed E-state index contributed by atoms with van der Waals surface area (Å²) in [6.07, 6.45) is 2.55. The molecule has 0 saturated carbocycles. The van der Waals surface area contributed by atoms with Gasteiger partial charge in [-0.1, -0.05) is 32.4 Å². The molecule has 0 bridgehead atoms. The Hall–Kier alpha value is -3.24. The van der Waals surface area contributed by atoms with Crippen molar-refractivity contribution in [3.63, 3.8) is 0 Å². The zero-order chi connectivity index (χ0) is 25.3. The van der Waals surface area contributed by atoms with Gasteiger partial charge in [0.15, 0.2) is 0 Å². The van der Waals surface area contributed by atoms with Crippen molar-refractivity contribution in [2.45, 2.75) is 44.0 Å². The van der Waals surface area contributed by atoms with Gasteiger partial charge in [0.05, 0.1) is 18.2 Å². The number of sulfonamides is 1. The Morgan fingerprint density at radius 1 is 0.971 bits per heavy atom. The van der Waals surface area contributed by atoms with Gasteiger partial charge < -0.3 is 10.1 Å². The average molecular weight is 500 g/mol. The number of carbonyl (C=O) groups is 3. The lowest BCUT2D eigenvalue weighted by atomic mass is 10.0. The van der Waals surface area contributed by atoms with Crippen LogP contribution >= 0.6 is 0 Å². The van der Waals surface area contributed by atoms with Crippen LogP contribution in [0.15, 0.2) is 47.4 Å². The molecule has 1 unspecified atom stereocenters. The van der Waals surface area contributed by atoms with E-state index in [2.05, 4.69) is 5.32 Å². The standard InChI is InChI=1S/C25H29N3O6S/c1-16(2)22(28-24(30)18-9-5-6-10-19(18)25(28)31)23(29)26-17-11-12-20(34-3)21(15-17)35(32,33)27-13-7-4-8-14-27/h5-6,9-12,15-16,22H,4,7-8,13-14H2,1-3H3,(H,26,29). The van der Waals surface area contributed by atoms with Gasteiger partial charge >= 0.3 is 0 Å². The first-order valence-electron chi connectivity index (χ1n) is 11.6. The maximum atomic E-state index is 13.4. The van der Waals surface area contributed by atoms with Crippen LogP contribution in [-0.2, 0) is 14.8 Å². The smallest absolute Gasteiger partial charge is 0.262 e. The first kappa shape index (κ1) is 24.9. The molecule has 2 aromatic carbocycles. The molecule has 3 amide bonds. The number of rotatable bonds is 7. The number of anilines is 1. The maximum Gasteiger partial charge on any atom is 0.262 e. The van der Waals surface area contributed by atoms with Crippen LogP contribution in [-0.4, -0.2) is 61.6 Å². The summed E-state index contributed by atoms with van der Waals surface area (Å²) in [5.41, 5.74) is 0.749. The van der Waals surface area contributed by atoms with E-state index < -0.39 is 33.8 Å². The van der Waals surface area contributed by atoms with Crippen LogP contribution in [0.25, 0.3) is 0 Å². The molecule has 0 radical (unpaired) electrons. The van der Waals surface area contributed by atoms with Crippen LogP contribution in [0.4, 0.5) is 5.69 Å². The SMILES string of the molecule is COc1ccc(NC(=O)C(C(C)C)N2C(=O)c3ccccc3C2=O)cc1S(=O)(=O)N1CCCCC1. The van der Waals surface area contributed by atoms with Crippen molar-refractivity contribution in [1.29, 1.82) is 0 Å². The van der Waals surface area contributed by atoms with Gasteiger partial charge in [0.25, 0.3) is 11.8 Å². The summed E-state index contributed by atoms with van der Waals surface area (Å²) in [6.45, 7) is 4.34. The van der Waals surface area contributed by atoms with Crippen molar-refractivity contribution in [2.24, 2.45) is 5.92 Å². The van der Waals surface area contributed by atoms with Crippen LogP contribution in [0.5, 0.6) is 5.75 Å². The lowest BCUT2D eigenvalue weighted by Gasteiger charge is -2.29. The van der Waals surface area contributed by atoms with Gasteiger partial charge in [-0.3, -0.25) is 19.3 Å². The Balaban J connectivity index is 1.63. The second kappa shape index (κ2) is 9.79. The fourth-order valence-electron chi connectivity index (χ4n) is 4.60. The summed E-state index contributed by atoms with van der Waals surface area (Å²) in [7, 11) is -2.44. The van der Waals surface area contributed by atoms with E-state index in [0.717, 1.165) is 24.2 Å². The third-order valence-corrected chi connectivity index (χ3v) is 8.29. The minimum absolute atomic E-state index is 0.0403. The molecule has 1 fully saturated rings. The monoisotopic (exact) mass is 499 g/mol. The zero-order valence-corrected chi connectivity index (χ0v) is 20.8. The summed E-state index contributed by atoms with van der Waals surface area (Å²) in [4.78, 5) is 40.3. The molecule has 186 valence electrons. The van der Waals surface area contributed by atoms with Crippen LogP contribution in [0.3, 0.4) is 0 Å². The maximum absolute atomic E-state index is 13.4. The van der Waals surface area contributed by atoms with Crippen molar-refractivity contribution in [2.75, 3.05) is 25.5 Å². The molecule has 9 nitrogen and oxygen atoms in total. The number of benzene rings is 2. The first-order valence-corrected chi connectivity index (χ1v) is 13.1. The molecule has 2 aliphatic heterocycles. The zero-order valence-electron chi connectivity index (χ0n) is 20.0. The number of imide groups is 1. The summed E-state index contributed by atoms with van der Waals surface area (Å²) in [5.74, 6) is -1.84. The Labute approximate surface area is 205 Å². The predicted molar refractivity (Wildman–Crippen MR) is 130 cm³/mol. The van der Waals surface area contributed by atoms with E-state index in [1.165, 1.54) is 29.6 Å². The minimum atomic E-state index is -3.83. The third-order valence-electron chi connectivity index (χ3n) is 6.37. The van der Waals surface area contributed by atoms with Crippen LogP contribution in [0.1, 0.15) is 53.8 Å². The molecule has 1 N–H and O–H groups in total. The third kappa shape index (κ3) is 4.55. The average Bonchev–Trinajstić information content (AvgIpc) is 3.10. The van der Waals surface area contributed by atoms with Gasteiger partial charge in [-0.25, -0.2) is 8.42 Å². The topological polar surface area (TPSA) is 113 Å². The van der Waals surface area contributed by atoms with E-state index in [1.807, 2.05) is 0 Å². The molecule has 2 aromatic rings. The fourth-order valence-corrected chi connectivity index (χ4v) is 6.29. The van der Waals surface area contributed by atoms with E-state index in [-0.39, 0.29) is 33.4 Å². The highest BCUT2D eigenvalue weighted by Gasteiger charge is 2.44. The van der Waals surface area contributed by atoms with Crippen LogP contribution < -0.4 is 10.1 Å². The molecule has 4 rings (SSSR count). The van der Waals surface area contributed by atoms with Gasteiger partial charge in [-0.05, 0) is 49.1 Å². The summed E-state index contributed by atoms with van der Waals surface area (Å²) in [6, 6.07) is 9.76. The predicted octanol–water partition coefficient (Wildman–Crippen LogP) is 3.13. The van der Waals surface area contributed by atoms with E-state index in [0.29, 0.717) is 13.1 Å². The molecule has 0 aliphatic carbocycles. The number of nitrogens with zero attached hydrogens (tertiary/aromatic N) is 2. The van der Waals surface area contributed by atoms with Crippen molar-refractivity contribution >= 4 is 33.4 Å². The van der Waals surface area contributed by atoms with E-state index in [9.17, 15) is 22.8 Å². The van der Waals surface area contributed by atoms with Gasteiger partial charge in [-0.15, -0.1) is 0 Å². The second-order valence-corrected chi connectivity index (χ2v) is 10.9. The Kier molecular flexibility index (Phi) is 6.95. The number of piperidine rings is 1. The molecule has 1 atom stereocenters. The Morgan fingerprint density at radius 2 is 1.57 bits per heavy atom. The number of ether oxygens (including phenoxy) is 1. The van der Waals surface area contributed by atoms with Crippen molar-refractivity contribution in [1.82, 2.24) is 9.21 Å². The van der Waals surface area contributed by atoms with E-state index >= 15 is 0 Å². The molecule has 0 spiro atoms. The number of methoxy groups -OCH3 is 1. The number of carbonyl (C=O) groups excluding carboxylic acids is 3. The number of nitrogens with one attached hydrogen (secondary N) is 1. The van der Waals surface area contributed by atoms with Crippen molar-refractivity contribution < 1.29 is 27.5 Å². The lowest BCUT2D eigenvalue weighted by Crippen LogP contribution is -2.50. The van der Waals surface area contributed by atoms with Crippen molar-refractivity contribution in [3.8, 4) is 5.75 Å². The lowest BCUT2D eigenvalue weighted by molar-refractivity contribution is -0.121.